The lowest BCUT2D eigenvalue weighted by atomic mass is 10.1. The van der Waals surface area contributed by atoms with E-state index in [2.05, 4.69) is 5.32 Å². The summed E-state index contributed by atoms with van der Waals surface area (Å²) in [6.45, 7) is 0.958. The van der Waals surface area contributed by atoms with Gasteiger partial charge in [-0.1, -0.05) is 6.07 Å². The fourth-order valence-corrected chi connectivity index (χ4v) is 2.22. The van der Waals surface area contributed by atoms with Crippen LogP contribution in [0.3, 0.4) is 0 Å². The van der Waals surface area contributed by atoms with E-state index in [9.17, 15) is 9.59 Å². The van der Waals surface area contributed by atoms with Crippen LogP contribution in [0.2, 0.25) is 0 Å². The Bertz CT molecular complexity index is 523. The number of hydrogen-bond donors (Lipinski definition) is 1. The van der Waals surface area contributed by atoms with Crippen molar-refractivity contribution < 1.29 is 23.8 Å². The Morgan fingerprint density at radius 1 is 1.38 bits per heavy atom. The highest BCUT2D eigenvalue weighted by Crippen LogP contribution is 2.21. The summed E-state index contributed by atoms with van der Waals surface area (Å²) >= 11 is 0. The summed E-state index contributed by atoms with van der Waals surface area (Å²) in [4.78, 5) is 23.5. The highest BCUT2D eigenvalue weighted by atomic mass is 16.5. The Hall–Kier alpha value is -2.08. The lowest BCUT2D eigenvalue weighted by molar-refractivity contribution is -0.130. The van der Waals surface area contributed by atoms with Gasteiger partial charge in [0, 0.05) is 13.2 Å². The van der Waals surface area contributed by atoms with Crippen LogP contribution < -0.4 is 10.1 Å². The van der Waals surface area contributed by atoms with Crippen LogP contribution in [-0.2, 0) is 20.8 Å². The molecule has 1 saturated heterocycles. The zero-order valence-electron chi connectivity index (χ0n) is 12.2. The molecule has 0 aromatic heterocycles. The minimum absolute atomic E-state index is 0.122. The predicted octanol–water partition coefficient (Wildman–Crippen LogP) is 1.28. The zero-order valence-corrected chi connectivity index (χ0v) is 12.2. The molecule has 0 aliphatic carbocycles. The molecule has 0 spiro atoms. The molecule has 1 fully saturated rings. The molecule has 1 aliphatic heterocycles. The monoisotopic (exact) mass is 293 g/mol. The van der Waals surface area contributed by atoms with Crippen molar-refractivity contribution in [3.05, 3.63) is 29.3 Å². The Morgan fingerprint density at radius 2 is 2.19 bits per heavy atom. The summed E-state index contributed by atoms with van der Waals surface area (Å²) in [5.41, 5.74) is 1.13. The molecule has 114 valence electrons. The molecule has 1 atom stereocenters. The summed E-state index contributed by atoms with van der Waals surface area (Å²) in [5.74, 6) is -0.154. The van der Waals surface area contributed by atoms with Crippen LogP contribution in [-0.4, -0.2) is 38.8 Å². The van der Waals surface area contributed by atoms with Crippen molar-refractivity contribution >= 4 is 11.9 Å². The SMILES string of the molecule is COC(=O)c1cc(CNC(=O)[C@@H]2CCCO2)ccc1OC. The van der Waals surface area contributed by atoms with Crippen LogP contribution in [0.15, 0.2) is 18.2 Å². The molecule has 1 N–H and O–H groups in total. The van der Waals surface area contributed by atoms with Gasteiger partial charge in [0.2, 0.25) is 5.91 Å². The minimum atomic E-state index is -0.473. The van der Waals surface area contributed by atoms with Gasteiger partial charge in [-0.05, 0) is 30.5 Å². The zero-order chi connectivity index (χ0) is 15.2. The number of ether oxygens (including phenoxy) is 3. The predicted molar refractivity (Wildman–Crippen MR) is 75.2 cm³/mol. The highest BCUT2D eigenvalue weighted by Gasteiger charge is 2.23. The molecule has 1 aromatic rings. The molecule has 1 aromatic carbocycles. The fraction of sp³-hybridized carbons (Fsp3) is 0.467. The Balaban J connectivity index is 2.03. The Morgan fingerprint density at radius 3 is 2.81 bits per heavy atom. The topological polar surface area (TPSA) is 73.9 Å². The van der Waals surface area contributed by atoms with Crippen molar-refractivity contribution in [2.45, 2.75) is 25.5 Å². The molecule has 0 radical (unpaired) electrons. The number of carbonyl (C=O) groups excluding carboxylic acids is 2. The quantitative estimate of drug-likeness (QED) is 0.828. The van der Waals surface area contributed by atoms with Crippen LogP contribution in [0, 0.1) is 0 Å². The second-order valence-electron chi connectivity index (χ2n) is 4.75. The minimum Gasteiger partial charge on any atom is -0.496 e. The normalized spacial score (nSPS) is 17.3. The first-order valence-electron chi connectivity index (χ1n) is 6.80. The maximum Gasteiger partial charge on any atom is 0.341 e. The first kappa shape index (κ1) is 15.3. The van der Waals surface area contributed by atoms with Crippen molar-refractivity contribution in [2.24, 2.45) is 0 Å². The van der Waals surface area contributed by atoms with Gasteiger partial charge in [-0.25, -0.2) is 4.79 Å². The third kappa shape index (κ3) is 3.72. The maximum absolute atomic E-state index is 11.9. The van der Waals surface area contributed by atoms with Gasteiger partial charge in [-0.3, -0.25) is 4.79 Å². The van der Waals surface area contributed by atoms with E-state index in [0.717, 1.165) is 18.4 Å². The molecule has 6 heteroatoms. The number of rotatable bonds is 5. The van der Waals surface area contributed by atoms with Crippen molar-refractivity contribution in [1.82, 2.24) is 5.32 Å². The van der Waals surface area contributed by atoms with Crippen molar-refractivity contribution in [1.29, 1.82) is 0 Å². The first-order valence-corrected chi connectivity index (χ1v) is 6.80. The standard InChI is InChI=1S/C15H19NO5/c1-19-12-6-5-10(8-11(12)15(18)20-2)9-16-14(17)13-4-3-7-21-13/h5-6,8,13H,3-4,7,9H2,1-2H3,(H,16,17)/t13-/m0/s1. The molecule has 0 unspecified atom stereocenters. The summed E-state index contributed by atoms with van der Waals surface area (Å²) in [6, 6.07) is 5.13. The van der Waals surface area contributed by atoms with Crippen LogP contribution >= 0.6 is 0 Å². The molecule has 1 amide bonds. The summed E-state index contributed by atoms with van der Waals surface area (Å²) in [5, 5.41) is 2.81. The molecule has 1 heterocycles. The van der Waals surface area contributed by atoms with Crippen LogP contribution in [0.4, 0.5) is 0 Å². The number of benzene rings is 1. The van der Waals surface area contributed by atoms with E-state index in [-0.39, 0.29) is 12.0 Å². The molecular weight excluding hydrogens is 274 g/mol. The number of amides is 1. The second kappa shape index (κ2) is 7.08. The highest BCUT2D eigenvalue weighted by molar-refractivity contribution is 5.92. The largest absolute Gasteiger partial charge is 0.496 e. The first-order chi connectivity index (χ1) is 10.2. The number of esters is 1. The van der Waals surface area contributed by atoms with Gasteiger partial charge in [-0.2, -0.15) is 0 Å². The van der Waals surface area contributed by atoms with Crippen LogP contribution in [0.25, 0.3) is 0 Å². The number of methoxy groups -OCH3 is 2. The lowest BCUT2D eigenvalue weighted by Crippen LogP contribution is -2.33. The van der Waals surface area contributed by atoms with E-state index in [0.29, 0.717) is 24.5 Å². The smallest absolute Gasteiger partial charge is 0.341 e. The van der Waals surface area contributed by atoms with E-state index >= 15 is 0 Å². The van der Waals surface area contributed by atoms with E-state index in [1.807, 2.05) is 0 Å². The third-order valence-electron chi connectivity index (χ3n) is 3.36. The Labute approximate surface area is 123 Å². The van der Waals surface area contributed by atoms with Crippen molar-refractivity contribution in [3.63, 3.8) is 0 Å². The van der Waals surface area contributed by atoms with Gasteiger partial charge in [0.1, 0.15) is 17.4 Å². The number of carbonyl (C=O) groups is 2. The van der Waals surface area contributed by atoms with E-state index < -0.39 is 5.97 Å². The number of hydrogen-bond acceptors (Lipinski definition) is 5. The van der Waals surface area contributed by atoms with E-state index in [4.69, 9.17) is 14.2 Å². The molecule has 0 saturated carbocycles. The van der Waals surface area contributed by atoms with Gasteiger partial charge in [0.25, 0.3) is 0 Å². The third-order valence-corrected chi connectivity index (χ3v) is 3.36. The average molecular weight is 293 g/mol. The molecular formula is C15H19NO5. The summed E-state index contributed by atoms with van der Waals surface area (Å²) in [6.07, 6.45) is 1.30. The summed E-state index contributed by atoms with van der Waals surface area (Å²) in [7, 11) is 2.80. The van der Waals surface area contributed by atoms with E-state index in [1.54, 1.807) is 18.2 Å². The van der Waals surface area contributed by atoms with Crippen LogP contribution in [0.5, 0.6) is 5.75 Å². The molecule has 6 nitrogen and oxygen atoms in total. The molecule has 1 aliphatic rings. The second-order valence-corrected chi connectivity index (χ2v) is 4.75. The van der Waals surface area contributed by atoms with Crippen molar-refractivity contribution in [2.75, 3.05) is 20.8 Å². The van der Waals surface area contributed by atoms with Gasteiger partial charge >= 0.3 is 5.97 Å². The Kier molecular flexibility index (Phi) is 5.16. The molecule has 2 rings (SSSR count). The van der Waals surface area contributed by atoms with Gasteiger partial charge < -0.3 is 19.5 Å². The van der Waals surface area contributed by atoms with Gasteiger partial charge in [0.15, 0.2) is 0 Å². The van der Waals surface area contributed by atoms with E-state index in [1.165, 1.54) is 14.2 Å². The lowest BCUT2D eigenvalue weighted by Gasteiger charge is -2.12. The average Bonchev–Trinajstić information content (AvgIpc) is 3.06. The van der Waals surface area contributed by atoms with Gasteiger partial charge in [0.05, 0.1) is 14.2 Å². The fourth-order valence-electron chi connectivity index (χ4n) is 2.22. The maximum atomic E-state index is 11.9. The van der Waals surface area contributed by atoms with Crippen LogP contribution in [0.1, 0.15) is 28.8 Å². The molecule has 0 bridgehead atoms. The summed E-state index contributed by atoms with van der Waals surface area (Å²) < 4.78 is 15.1. The number of nitrogens with one attached hydrogen (secondary N) is 1. The van der Waals surface area contributed by atoms with Gasteiger partial charge in [-0.15, -0.1) is 0 Å². The molecule has 21 heavy (non-hydrogen) atoms. The van der Waals surface area contributed by atoms with Crippen molar-refractivity contribution in [3.8, 4) is 5.75 Å².